The van der Waals surface area contributed by atoms with Gasteiger partial charge in [-0.15, -0.1) is 0 Å². The van der Waals surface area contributed by atoms with E-state index < -0.39 is 10.0 Å². The van der Waals surface area contributed by atoms with Gasteiger partial charge in [-0.2, -0.15) is 4.31 Å². The van der Waals surface area contributed by atoms with E-state index in [4.69, 9.17) is 9.47 Å². The third-order valence-electron chi connectivity index (χ3n) is 4.61. The van der Waals surface area contributed by atoms with Gasteiger partial charge in [0.1, 0.15) is 16.4 Å². The van der Waals surface area contributed by atoms with Crippen molar-refractivity contribution in [2.45, 2.75) is 17.9 Å². The Morgan fingerprint density at radius 3 is 2.23 bits per heavy atom. The molecule has 1 atom stereocenters. The summed E-state index contributed by atoms with van der Waals surface area (Å²) in [7, 11) is 2.64. The lowest BCUT2D eigenvalue weighted by Gasteiger charge is -2.37. The Bertz CT molecular complexity index is 743. The molecule has 1 amide bonds. The maximum Gasteiger partial charge on any atom is 0.246 e. The molecule has 0 N–H and O–H groups in total. The second kappa shape index (κ2) is 8.24. The zero-order chi connectivity index (χ0) is 19.5. The van der Waals surface area contributed by atoms with Gasteiger partial charge < -0.3 is 14.4 Å². The molecule has 8 nitrogen and oxygen atoms in total. The van der Waals surface area contributed by atoms with Gasteiger partial charge in [-0.25, -0.2) is 8.42 Å². The topological polar surface area (TPSA) is 79.4 Å². The molecule has 1 fully saturated rings. The number of piperazine rings is 1. The van der Waals surface area contributed by atoms with Crippen LogP contribution in [0.2, 0.25) is 0 Å². The van der Waals surface area contributed by atoms with Crippen molar-refractivity contribution in [2.24, 2.45) is 0 Å². The molecule has 1 heterocycles. The molecular weight excluding hydrogens is 358 g/mol. The van der Waals surface area contributed by atoms with Crippen LogP contribution >= 0.6 is 0 Å². The molecule has 0 radical (unpaired) electrons. The largest absolute Gasteiger partial charge is 0.497 e. The summed E-state index contributed by atoms with van der Waals surface area (Å²) < 4.78 is 37.9. The molecule has 1 aromatic carbocycles. The van der Waals surface area contributed by atoms with E-state index in [-0.39, 0.29) is 22.6 Å². The highest BCUT2D eigenvalue weighted by Gasteiger charge is 2.33. The Morgan fingerprint density at radius 1 is 1.12 bits per heavy atom. The number of hydrogen-bond acceptors (Lipinski definition) is 6. The van der Waals surface area contributed by atoms with Crippen LogP contribution in [0.5, 0.6) is 11.5 Å². The highest BCUT2D eigenvalue weighted by atomic mass is 32.2. The monoisotopic (exact) mass is 385 g/mol. The van der Waals surface area contributed by atoms with Gasteiger partial charge in [-0.3, -0.25) is 9.69 Å². The van der Waals surface area contributed by atoms with Crippen LogP contribution in [-0.2, 0) is 14.8 Å². The molecule has 1 aliphatic rings. The van der Waals surface area contributed by atoms with Crippen LogP contribution in [0.25, 0.3) is 0 Å². The lowest BCUT2D eigenvalue weighted by atomic mass is 10.2. The lowest BCUT2D eigenvalue weighted by Crippen LogP contribution is -2.54. The minimum absolute atomic E-state index is 0.00997. The molecule has 1 aromatic rings. The highest BCUT2D eigenvalue weighted by molar-refractivity contribution is 7.89. The zero-order valence-electron chi connectivity index (χ0n) is 15.9. The van der Waals surface area contributed by atoms with E-state index in [0.717, 1.165) is 0 Å². The maximum atomic E-state index is 13.1. The summed E-state index contributed by atoms with van der Waals surface area (Å²) in [6, 6.07) is 4.43. The van der Waals surface area contributed by atoms with Gasteiger partial charge >= 0.3 is 0 Å². The molecule has 0 aromatic heterocycles. The van der Waals surface area contributed by atoms with Crippen molar-refractivity contribution in [1.29, 1.82) is 0 Å². The fourth-order valence-electron chi connectivity index (χ4n) is 2.99. The quantitative estimate of drug-likeness (QED) is 0.709. The zero-order valence-corrected chi connectivity index (χ0v) is 16.7. The Hall–Kier alpha value is -1.84. The molecule has 26 heavy (non-hydrogen) atoms. The number of amides is 1. The van der Waals surface area contributed by atoms with Crippen LogP contribution in [0.3, 0.4) is 0 Å². The standard InChI is InChI=1S/C17H27N3O5S/c1-13(17(21)18(2)3)19-8-10-20(11-9-19)26(22,23)16-12-14(24-4)6-7-15(16)25-5/h6-7,12-13H,8-11H2,1-5H3/t13-/m1/s1. The number of sulfonamides is 1. The second-order valence-corrected chi connectivity index (χ2v) is 8.27. The van der Waals surface area contributed by atoms with Crippen molar-refractivity contribution < 1.29 is 22.7 Å². The first kappa shape index (κ1) is 20.5. The summed E-state index contributed by atoms with van der Waals surface area (Å²) >= 11 is 0. The van der Waals surface area contributed by atoms with Crippen LogP contribution in [0, 0.1) is 0 Å². The number of carbonyl (C=O) groups is 1. The fourth-order valence-corrected chi connectivity index (χ4v) is 4.58. The predicted molar refractivity (Wildman–Crippen MR) is 98.0 cm³/mol. The molecular formula is C17H27N3O5S. The average Bonchev–Trinajstić information content (AvgIpc) is 2.66. The number of nitrogens with zero attached hydrogens (tertiary/aromatic N) is 3. The third-order valence-corrected chi connectivity index (χ3v) is 6.53. The highest BCUT2D eigenvalue weighted by Crippen LogP contribution is 2.31. The van der Waals surface area contributed by atoms with Crippen LogP contribution < -0.4 is 9.47 Å². The van der Waals surface area contributed by atoms with E-state index in [1.807, 2.05) is 11.8 Å². The van der Waals surface area contributed by atoms with E-state index >= 15 is 0 Å². The summed E-state index contributed by atoms with van der Waals surface area (Å²) in [5.74, 6) is 0.744. The van der Waals surface area contributed by atoms with Gasteiger partial charge in [-0.05, 0) is 19.1 Å². The molecule has 2 rings (SSSR count). The Morgan fingerprint density at radius 2 is 1.73 bits per heavy atom. The summed E-state index contributed by atoms with van der Waals surface area (Å²) in [4.78, 5) is 15.8. The molecule has 1 saturated heterocycles. The number of rotatable bonds is 6. The van der Waals surface area contributed by atoms with Crippen LogP contribution in [0.1, 0.15) is 6.92 Å². The van der Waals surface area contributed by atoms with E-state index in [1.54, 1.807) is 31.1 Å². The molecule has 0 bridgehead atoms. The molecule has 0 spiro atoms. The normalized spacial score (nSPS) is 17.6. The summed E-state index contributed by atoms with van der Waals surface area (Å²) in [5, 5.41) is 0. The van der Waals surface area contributed by atoms with Crippen LogP contribution in [-0.4, -0.2) is 89.0 Å². The summed E-state index contributed by atoms with van der Waals surface area (Å²) in [6.45, 7) is 3.46. The fraction of sp³-hybridized carbons (Fsp3) is 0.588. The van der Waals surface area contributed by atoms with E-state index in [0.29, 0.717) is 31.9 Å². The van der Waals surface area contributed by atoms with Gasteiger partial charge in [0.05, 0.1) is 20.3 Å². The van der Waals surface area contributed by atoms with Crippen molar-refractivity contribution in [1.82, 2.24) is 14.1 Å². The van der Waals surface area contributed by atoms with Crippen molar-refractivity contribution in [3.05, 3.63) is 18.2 Å². The summed E-state index contributed by atoms with van der Waals surface area (Å²) in [5.41, 5.74) is 0. The van der Waals surface area contributed by atoms with Gasteiger partial charge in [0.25, 0.3) is 0 Å². The van der Waals surface area contributed by atoms with Gasteiger partial charge in [0.15, 0.2) is 0 Å². The first-order chi connectivity index (χ1) is 12.2. The number of hydrogen-bond donors (Lipinski definition) is 0. The molecule has 0 aliphatic carbocycles. The second-order valence-electron chi connectivity index (χ2n) is 6.37. The minimum atomic E-state index is -3.72. The Labute approximate surface area is 155 Å². The first-order valence-corrected chi connectivity index (χ1v) is 9.83. The number of ether oxygens (including phenoxy) is 2. The number of carbonyl (C=O) groups excluding carboxylic acids is 1. The maximum absolute atomic E-state index is 13.1. The van der Waals surface area contributed by atoms with Crippen molar-refractivity contribution in [2.75, 3.05) is 54.5 Å². The SMILES string of the molecule is COc1ccc(OC)c(S(=O)(=O)N2CCN([C@H](C)C(=O)N(C)C)CC2)c1. The van der Waals surface area contributed by atoms with Crippen molar-refractivity contribution in [3.8, 4) is 11.5 Å². The molecule has 0 unspecified atom stereocenters. The molecule has 9 heteroatoms. The van der Waals surface area contributed by atoms with Gasteiger partial charge in [-0.1, -0.05) is 0 Å². The van der Waals surface area contributed by atoms with E-state index in [9.17, 15) is 13.2 Å². The number of methoxy groups -OCH3 is 2. The van der Waals surface area contributed by atoms with Crippen LogP contribution in [0.4, 0.5) is 0 Å². The number of benzene rings is 1. The minimum Gasteiger partial charge on any atom is -0.497 e. The summed E-state index contributed by atoms with van der Waals surface area (Å²) in [6.07, 6.45) is 0. The molecule has 0 saturated carbocycles. The smallest absolute Gasteiger partial charge is 0.246 e. The van der Waals surface area contributed by atoms with E-state index in [1.165, 1.54) is 24.6 Å². The first-order valence-electron chi connectivity index (χ1n) is 8.39. The molecule has 146 valence electrons. The van der Waals surface area contributed by atoms with Crippen molar-refractivity contribution in [3.63, 3.8) is 0 Å². The third kappa shape index (κ3) is 4.11. The van der Waals surface area contributed by atoms with Gasteiger partial charge in [0.2, 0.25) is 15.9 Å². The van der Waals surface area contributed by atoms with E-state index in [2.05, 4.69) is 0 Å². The van der Waals surface area contributed by atoms with Crippen molar-refractivity contribution >= 4 is 15.9 Å². The number of likely N-dealkylation sites (N-methyl/N-ethyl adjacent to an activating group) is 1. The van der Waals surface area contributed by atoms with Gasteiger partial charge in [0, 0.05) is 46.3 Å². The average molecular weight is 385 g/mol. The Kier molecular flexibility index (Phi) is 6.48. The Balaban J connectivity index is 2.17. The molecule has 1 aliphatic heterocycles. The van der Waals surface area contributed by atoms with Crippen LogP contribution in [0.15, 0.2) is 23.1 Å². The predicted octanol–water partition coefficient (Wildman–Crippen LogP) is 0.487. The lowest BCUT2D eigenvalue weighted by molar-refractivity contribution is -0.134.